The predicted octanol–water partition coefficient (Wildman–Crippen LogP) is 2.44. The molecule has 5 N–H and O–H groups in total. The molecule has 4 amide bonds. The number of rotatable bonds is 10. The molecule has 1 aliphatic heterocycles. The van der Waals surface area contributed by atoms with Crippen molar-refractivity contribution in [1.29, 1.82) is 0 Å². The van der Waals surface area contributed by atoms with E-state index in [1.807, 2.05) is 42.5 Å². The van der Waals surface area contributed by atoms with Gasteiger partial charge in [-0.05, 0) is 47.2 Å². The van der Waals surface area contributed by atoms with Crippen molar-refractivity contribution in [2.45, 2.75) is 56.7 Å². The summed E-state index contributed by atoms with van der Waals surface area (Å²) >= 11 is 0. The van der Waals surface area contributed by atoms with E-state index in [1.165, 1.54) is 0 Å². The molecule has 1 unspecified atom stereocenters. The maximum Gasteiger partial charge on any atom is 0.405 e. The van der Waals surface area contributed by atoms with Crippen molar-refractivity contribution in [3.63, 3.8) is 0 Å². The Hall–Kier alpha value is -3.92. The number of nitrogens with one attached hydrogen (secondary N) is 2. The van der Waals surface area contributed by atoms with Crippen molar-refractivity contribution >= 4 is 23.8 Å². The number of fused-ring (bicyclic) bond motifs is 1. The molecular formula is C28H34N4O6. The smallest absolute Gasteiger partial charge is 0.405 e. The number of hydrogen-bond donors (Lipinski definition) is 4. The summed E-state index contributed by atoms with van der Waals surface area (Å²) in [5, 5.41) is 14.4. The molecule has 4 rings (SSSR count). The van der Waals surface area contributed by atoms with Gasteiger partial charge in [-0.3, -0.25) is 14.4 Å². The van der Waals surface area contributed by atoms with Gasteiger partial charge < -0.3 is 31.1 Å². The first-order chi connectivity index (χ1) is 18.2. The van der Waals surface area contributed by atoms with E-state index >= 15 is 0 Å². The summed E-state index contributed by atoms with van der Waals surface area (Å²) in [6.07, 6.45) is 2.03. The molecule has 0 saturated heterocycles. The highest BCUT2D eigenvalue weighted by Gasteiger charge is 2.42. The molecule has 10 heteroatoms. The van der Waals surface area contributed by atoms with Gasteiger partial charge in [0, 0.05) is 32.2 Å². The second kappa shape index (κ2) is 11.6. The highest BCUT2D eigenvalue weighted by Crippen LogP contribution is 2.30. The third-order valence-corrected chi connectivity index (χ3v) is 7.41. The topological polar surface area (TPSA) is 151 Å². The van der Waals surface area contributed by atoms with Gasteiger partial charge >= 0.3 is 6.09 Å². The zero-order valence-corrected chi connectivity index (χ0v) is 21.5. The first-order valence-electron chi connectivity index (χ1n) is 12.8. The third-order valence-electron chi connectivity index (χ3n) is 7.41. The Bertz CT molecular complexity index is 1210. The van der Waals surface area contributed by atoms with Crippen LogP contribution >= 0.6 is 0 Å². The van der Waals surface area contributed by atoms with Crippen LogP contribution in [0, 0.1) is 0 Å². The lowest BCUT2D eigenvalue weighted by molar-refractivity contribution is -0.132. The summed E-state index contributed by atoms with van der Waals surface area (Å²) in [6.45, 7) is 1.57. The van der Waals surface area contributed by atoms with Gasteiger partial charge in [0.15, 0.2) is 0 Å². The molecule has 202 valence electrons. The quantitative estimate of drug-likeness (QED) is 0.376. The van der Waals surface area contributed by atoms with Crippen molar-refractivity contribution in [1.82, 2.24) is 15.5 Å². The normalized spacial score (nSPS) is 17.0. The average Bonchev–Trinajstić information content (AvgIpc) is 3.22. The Morgan fingerprint density at radius 2 is 1.76 bits per heavy atom. The highest BCUT2D eigenvalue weighted by atomic mass is 16.5. The van der Waals surface area contributed by atoms with Gasteiger partial charge in [0.1, 0.15) is 11.6 Å². The molecule has 38 heavy (non-hydrogen) atoms. The Morgan fingerprint density at radius 1 is 1.08 bits per heavy atom. The zero-order chi connectivity index (χ0) is 27.3. The monoisotopic (exact) mass is 522 g/mol. The number of carbonyl (C=O) groups excluding carboxylic acids is 3. The lowest BCUT2D eigenvalue weighted by Crippen LogP contribution is -2.62. The van der Waals surface area contributed by atoms with E-state index in [4.69, 9.17) is 10.5 Å². The standard InChI is InChI=1S/C28H34N4O6/c1-38-14-13-32-17-21-16-20(9-10-22(21)25(32)34)19-7-5-18(6-8-19)15-23(24(29)33)30-26(35)28(31-27(36)37)11-3-2-4-12-28/h5-10,16,23,31H,2-4,11-15,17H2,1H3,(H2,29,33)(H,30,35)(H,36,37). The molecule has 1 saturated carbocycles. The summed E-state index contributed by atoms with van der Waals surface area (Å²) in [5.41, 5.74) is 8.73. The van der Waals surface area contributed by atoms with Gasteiger partial charge in [-0.15, -0.1) is 0 Å². The predicted molar refractivity (Wildman–Crippen MR) is 140 cm³/mol. The van der Waals surface area contributed by atoms with Crippen molar-refractivity contribution in [3.05, 3.63) is 59.2 Å². The average molecular weight is 523 g/mol. The number of amides is 4. The summed E-state index contributed by atoms with van der Waals surface area (Å²) in [5.74, 6) is -1.20. The number of methoxy groups -OCH3 is 1. The van der Waals surface area contributed by atoms with E-state index in [9.17, 15) is 24.3 Å². The van der Waals surface area contributed by atoms with Crippen LogP contribution in [0.4, 0.5) is 4.79 Å². The summed E-state index contributed by atoms with van der Waals surface area (Å²) in [4.78, 5) is 51.0. The van der Waals surface area contributed by atoms with Gasteiger partial charge in [-0.1, -0.05) is 49.6 Å². The number of primary amides is 1. The first kappa shape index (κ1) is 27.1. The van der Waals surface area contributed by atoms with Gasteiger partial charge in [-0.25, -0.2) is 4.79 Å². The summed E-state index contributed by atoms with van der Waals surface area (Å²) in [7, 11) is 1.61. The fourth-order valence-electron chi connectivity index (χ4n) is 5.30. The van der Waals surface area contributed by atoms with Crippen LogP contribution in [0.1, 0.15) is 53.6 Å². The van der Waals surface area contributed by atoms with E-state index < -0.39 is 29.5 Å². The van der Waals surface area contributed by atoms with E-state index in [2.05, 4.69) is 10.6 Å². The highest BCUT2D eigenvalue weighted by molar-refractivity contribution is 5.99. The lowest BCUT2D eigenvalue weighted by Gasteiger charge is -2.36. The largest absolute Gasteiger partial charge is 0.465 e. The Kier molecular flexibility index (Phi) is 8.31. The van der Waals surface area contributed by atoms with Gasteiger partial charge in [-0.2, -0.15) is 0 Å². The number of hydrogen-bond acceptors (Lipinski definition) is 5. The van der Waals surface area contributed by atoms with E-state index in [0.29, 0.717) is 38.1 Å². The molecule has 2 aromatic carbocycles. The van der Waals surface area contributed by atoms with E-state index in [-0.39, 0.29) is 12.3 Å². The molecule has 2 aliphatic rings. The van der Waals surface area contributed by atoms with Gasteiger partial charge in [0.2, 0.25) is 11.8 Å². The van der Waals surface area contributed by atoms with Crippen molar-refractivity contribution in [2.24, 2.45) is 5.73 Å². The molecule has 0 radical (unpaired) electrons. The minimum atomic E-state index is -1.27. The second-order valence-corrected chi connectivity index (χ2v) is 9.99. The van der Waals surface area contributed by atoms with Crippen LogP contribution in [0.3, 0.4) is 0 Å². The number of nitrogens with zero attached hydrogens (tertiary/aromatic N) is 1. The molecule has 0 bridgehead atoms. The Morgan fingerprint density at radius 3 is 2.39 bits per heavy atom. The number of carboxylic acid groups (broad SMARTS) is 1. The van der Waals surface area contributed by atoms with Crippen LogP contribution in [0.5, 0.6) is 0 Å². The number of nitrogens with two attached hydrogens (primary N) is 1. The number of benzene rings is 2. The van der Waals surface area contributed by atoms with Gasteiger partial charge in [0.25, 0.3) is 5.91 Å². The maximum absolute atomic E-state index is 13.1. The summed E-state index contributed by atoms with van der Waals surface area (Å²) < 4.78 is 5.10. The molecule has 0 spiro atoms. The fourth-order valence-corrected chi connectivity index (χ4v) is 5.30. The van der Waals surface area contributed by atoms with Crippen LogP contribution in [0.2, 0.25) is 0 Å². The Labute approximate surface area is 221 Å². The zero-order valence-electron chi connectivity index (χ0n) is 21.5. The SMILES string of the molecule is COCCN1Cc2cc(-c3ccc(CC(NC(=O)C4(NC(=O)O)CCCCC4)C(N)=O)cc3)ccc2C1=O. The van der Waals surface area contributed by atoms with E-state index in [1.54, 1.807) is 12.0 Å². The first-order valence-corrected chi connectivity index (χ1v) is 12.8. The molecule has 1 fully saturated rings. The minimum Gasteiger partial charge on any atom is -0.465 e. The van der Waals surface area contributed by atoms with Crippen LogP contribution in [-0.4, -0.2) is 65.7 Å². The molecule has 2 aromatic rings. The Balaban J connectivity index is 1.44. The molecular weight excluding hydrogens is 488 g/mol. The van der Waals surface area contributed by atoms with Crippen LogP contribution in [-0.2, 0) is 27.3 Å². The van der Waals surface area contributed by atoms with Crippen molar-refractivity contribution < 1.29 is 29.0 Å². The summed E-state index contributed by atoms with van der Waals surface area (Å²) in [6, 6.07) is 12.4. The number of ether oxygens (including phenoxy) is 1. The lowest BCUT2D eigenvalue weighted by atomic mass is 9.80. The fraction of sp³-hybridized carbons (Fsp3) is 0.429. The van der Waals surface area contributed by atoms with Crippen molar-refractivity contribution in [2.75, 3.05) is 20.3 Å². The minimum absolute atomic E-state index is 0.00653. The van der Waals surface area contributed by atoms with Crippen LogP contribution in [0.25, 0.3) is 11.1 Å². The van der Waals surface area contributed by atoms with Crippen molar-refractivity contribution in [3.8, 4) is 11.1 Å². The molecule has 1 atom stereocenters. The molecule has 10 nitrogen and oxygen atoms in total. The van der Waals surface area contributed by atoms with Crippen LogP contribution in [0.15, 0.2) is 42.5 Å². The second-order valence-electron chi connectivity index (χ2n) is 9.99. The maximum atomic E-state index is 13.1. The van der Waals surface area contributed by atoms with Gasteiger partial charge in [0.05, 0.1) is 6.61 Å². The van der Waals surface area contributed by atoms with E-state index in [0.717, 1.165) is 41.5 Å². The third kappa shape index (κ3) is 5.96. The number of carbonyl (C=O) groups is 4. The molecule has 1 aliphatic carbocycles. The molecule has 0 aromatic heterocycles. The van der Waals surface area contributed by atoms with Crippen LogP contribution < -0.4 is 16.4 Å². The molecule has 1 heterocycles.